The fourth-order valence-electron chi connectivity index (χ4n) is 6.12. The van der Waals surface area contributed by atoms with Crippen molar-refractivity contribution in [2.45, 2.75) is 38.5 Å². The molecule has 1 aromatic rings. The first-order valence-electron chi connectivity index (χ1n) is 10.3. The number of thioether (sulfide) groups is 1. The summed E-state index contributed by atoms with van der Waals surface area (Å²) in [5.74, 6) is 1.92. The van der Waals surface area contributed by atoms with Crippen LogP contribution in [-0.2, 0) is 9.59 Å². The van der Waals surface area contributed by atoms with E-state index in [1.165, 1.54) is 37.4 Å². The summed E-state index contributed by atoms with van der Waals surface area (Å²) in [6, 6.07) is 4.91. The molecule has 5 fully saturated rings. The Balaban J connectivity index is 1.32. The maximum absolute atomic E-state index is 13.3. The normalized spacial score (nSPS) is 33.4. The van der Waals surface area contributed by atoms with E-state index in [0.717, 1.165) is 31.0 Å². The summed E-state index contributed by atoms with van der Waals surface area (Å²) in [5, 5.41) is 11.2. The highest BCUT2D eigenvalue weighted by atomic mass is 32.2. The van der Waals surface area contributed by atoms with Crippen LogP contribution in [0.15, 0.2) is 23.1 Å². The summed E-state index contributed by atoms with van der Waals surface area (Å²) in [7, 11) is 1.48. The molecule has 5 aliphatic rings. The molecule has 6 nitrogen and oxygen atoms in total. The molecule has 0 unspecified atom stereocenters. The van der Waals surface area contributed by atoms with Crippen molar-refractivity contribution in [3.63, 3.8) is 0 Å². The fraction of sp³-hybridized carbons (Fsp3) is 0.500. The van der Waals surface area contributed by atoms with Crippen molar-refractivity contribution in [2.24, 2.45) is 23.2 Å². The average Bonchev–Trinajstić information content (AvgIpc) is 2.94. The third-order valence-corrected chi connectivity index (χ3v) is 8.33. The molecule has 4 bridgehead atoms. The van der Waals surface area contributed by atoms with Crippen LogP contribution < -0.4 is 10.2 Å². The maximum atomic E-state index is 13.3. The van der Waals surface area contributed by atoms with Gasteiger partial charge in [-0.25, -0.2) is 0 Å². The average molecular weight is 445 g/mol. The van der Waals surface area contributed by atoms with Gasteiger partial charge in [0.15, 0.2) is 15.8 Å². The molecule has 8 heteroatoms. The first kappa shape index (κ1) is 19.9. The predicted molar refractivity (Wildman–Crippen MR) is 118 cm³/mol. The van der Waals surface area contributed by atoms with E-state index >= 15 is 0 Å². The number of nitrogens with one attached hydrogen (secondary N) is 1. The number of carbonyl (C=O) groups is 2. The van der Waals surface area contributed by atoms with Crippen molar-refractivity contribution < 1.29 is 19.4 Å². The number of amides is 2. The van der Waals surface area contributed by atoms with E-state index in [4.69, 9.17) is 17.0 Å². The van der Waals surface area contributed by atoms with Crippen LogP contribution in [0.3, 0.4) is 0 Å². The number of methoxy groups -OCH3 is 1. The number of rotatable bonds is 4. The lowest BCUT2D eigenvalue weighted by atomic mass is 9.49. The number of hydrazine groups is 1. The molecule has 0 aromatic heterocycles. The van der Waals surface area contributed by atoms with E-state index < -0.39 is 0 Å². The van der Waals surface area contributed by atoms with Gasteiger partial charge in [-0.2, -0.15) is 5.01 Å². The molecule has 0 spiro atoms. The first-order chi connectivity index (χ1) is 14.4. The number of phenolic OH excluding ortho intramolecular Hbond substituents is 1. The quantitative estimate of drug-likeness (QED) is 0.543. The lowest BCUT2D eigenvalue weighted by Crippen LogP contribution is -2.57. The van der Waals surface area contributed by atoms with Crippen LogP contribution in [0.2, 0.25) is 0 Å². The van der Waals surface area contributed by atoms with E-state index in [9.17, 15) is 14.7 Å². The number of ether oxygens (including phenoxy) is 1. The second-order valence-electron chi connectivity index (χ2n) is 9.09. The molecule has 0 radical (unpaired) electrons. The van der Waals surface area contributed by atoms with Crippen LogP contribution in [0.4, 0.5) is 0 Å². The highest BCUT2D eigenvalue weighted by molar-refractivity contribution is 8.26. The van der Waals surface area contributed by atoms with Crippen LogP contribution in [-0.4, -0.2) is 33.4 Å². The highest BCUT2D eigenvalue weighted by Gasteiger charge is 2.55. The van der Waals surface area contributed by atoms with Crippen LogP contribution in [0.25, 0.3) is 6.08 Å². The zero-order valence-electron chi connectivity index (χ0n) is 16.7. The van der Waals surface area contributed by atoms with Crippen molar-refractivity contribution in [1.29, 1.82) is 0 Å². The summed E-state index contributed by atoms with van der Waals surface area (Å²) < 4.78 is 5.37. The van der Waals surface area contributed by atoms with Gasteiger partial charge in [0, 0.05) is 0 Å². The van der Waals surface area contributed by atoms with E-state index in [2.05, 4.69) is 5.43 Å². The standard InChI is InChI=1S/C22H24N2O4S2/c1-28-17-3-2-12(7-16(17)25)8-18-19(26)24(21(29)30-18)23-20(27)22-9-13-4-14(10-22)6-15(5-13)11-22/h2-3,7-8,13-15,25H,4-6,9-11H2,1H3,(H,23,27)/b18-8+. The van der Waals surface area contributed by atoms with Crippen molar-refractivity contribution in [3.8, 4) is 11.5 Å². The number of hydrogen-bond acceptors (Lipinski definition) is 6. The van der Waals surface area contributed by atoms with Crippen LogP contribution in [0.1, 0.15) is 44.1 Å². The molecule has 6 rings (SSSR count). The monoisotopic (exact) mass is 444 g/mol. The maximum Gasteiger partial charge on any atom is 0.285 e. The number of benzene rings is 1. The molecule has 30 heavy (non-hydrogen) atoms. The second kappa shape index (κ2) is 7.27. The Morgan fingerprint density at radius 3 is 2.47 bits per heavy atom. The number of phenols is 1. The number of nitrogens with zero attached hydrogens (tertiary/aromatic N) is 1. The Morgan fingerprint density at radius 2 is 1.90 bits per heavy atom. The molecular formula is C22H24N2O4S2. The third kappa shape index (κ3) is 3.30. The summed E-state index contributed by atoms with van der Waals surface area (Å²) in [6.07, 6.45) is 8.22. The Hall–Kier alpha value is -2.06. The van der Waals surface area contributed by atoms with Gasteiger partial charge < -0.3 is 9.84 Å². The number of hydrogen-bond donors (Lipinski definition) is 2. The SMILES string of the molecule is COc1ccc(/C=C2/SC(=S)N(NC(=O)C34CC5CC(CC(C5)C3)C4)C2=O)cc1O. The molecule has 158 valence electrons. The van der Waals surface area contributed by atoms with Crippen LogP contribution in [0.5, 0.6) is 11.5 Å². The van der Waals surface area contributed by atoms with Gasteiger partial charge in [0.25, 0.3) is 5.91 Å². The van der Waals surface area contributed by atoms with E-state index in [1.807, 2.05) is 0 Å². The molecule has 2 amide bonds. The van der Waals surface area contributed by atoms with Crippen molar-refractivity contribution in [1.82, 2.24) is 10.4 Å². The highest BCUT2D eigenvalue weighted by Crippen LogP contribution is 2.60. The smallest absolute Gasteiger partial charge is 0.285 e. The molecule has 0 atom stereocenters. The van der Waals surface area contributed by atoms with E-state index in [-0.39, 0.29) is 23.0 Å². The minimum Gasteiger partial charge on any atom is -0.504 e. The summed E-state index contributed by atoms with van der Waals surface area (Å²) >= 11 is 6.53. The third-order valence-electron chi connectivity index (χ3n) is 7.03. The minimum absolute atomic E-state index is 0.00292. The molecule has 4 aliphatic carbocycles. The molecule has 2 N–H and O–H groups in total. The topological polar surface area (TPSA) is 78.9 Å². The Labute approximate surface area is 185 Å². The molecule has 1 heterocycles. The van der Waals surface area contributed by atoms with Gasteiger partial charge in [0.1, 0.15) is 0 Å². The Morgan fingerprint density at radius 1 is 1.27 bits per heavy atom. The van der Waals surface area contributed by atoms with Gasteiger partial charge in [-0.15, -0.1) is 0 Å². The molecule has 1 aliphatic heterocycles. The molecule has 4 saturated carbocycles. The van der Waals surface area contributed by atoms with Crippen molar-refractivity contribution >= 4 is 46.2 Å². The number of thiocarbonyl (C=S) groups is 1. The van der Waals surface area contributed by atoms with Gasteiger partial charge in [0.2, 0.25) is 5.91 Å². The van der Waals surface area contributed by atoms with Gasteiger partial charge in [-0.05, 0) is 92.3 Å². The summed E-state index contributed by atoms with van der Waals surface area (Å²) in [4.78, 5) is 26.6. The summed E-state index contributed by atoms with van der Waals surface area (Å²) in [5.41, 5.74) is 3.16. The van der Waals surface area contributed by atoms with Gasteiger partial charge in [-0.1, -0.05) is 17.8 Å². The zero-order valence-corrected chi connectivity index (χ0v) is 18.4. The van der Waals surface area contributed by atoms with Crippen LogP contribution >= 0.6 is 24.0 Å². The van der Waals surface area contributed by atoms with Crippen molar-refractivity contribution in [2.75, 3.05) is 7.11 Å². The lowest BCUT2D eigenvalue weighted by Gasteiger charge is -2.55. The Kier molecular flexibility index (Phi) is 4.82. The predicted octanol–water partition coefficient (Wildman–Crippen LogP) is 3.85. The largest absolute Gasteiger partial charge is 0.504 e. The number of aromatic hydroxyl groups is 1. The van der Waals surface area contributed by atoms with Gasteiger partial charge in [-0.3, -0.25) is 15.0 Å². The zero-order chi connectivity index (χ0) is 21.0. The van der Waals surface area contributed by atoms with Gasteiger partial charge >= 0.3 is 0 Å². The first-order valence-corrected chi connectivity index (χ1v) is 11.6. The fourth-order valence-corrected chi connectivity index (χ4v) is 7.30. The van der Waals surface area contributed by atoms with Crippen molar-refractivity contribution in [3.05, 3.63) is 28.7 Å². The van der Waals surface area contributed by atoms with Gasteiger partial charge in [0.05, 0.1) is 17.4 Å². The molecule has 1 aromatic carbocycles. The second-order valence-corrected chi connectivity index (χ2v) is 10.8. The summed E-state index contributed by atoms with van der Waals surface area (Å²) in [6.45, 7) is 0. The minimum atomic E-state index is -0.344. The number of carbonyl (C=O) groups excluding carboxylic acids is 2. The van der Waals surface area contributed by atoms with Crippen LogP contribution in [0, 0.1) is 23.2 Å². The molecule has 1 saturated heterocycles. The van der Waals surface area contributed by atoms with E-state index in [0.29, 0.717) is 38.3 Å². The Bertz CT molecular complexity index is 939. The lowest BCUT2D eigenvalue weighted by molar-refractivity contribution is -0.152. The van der Waals surface area contributed by atoms with E-state index in [1.54, 1.807) is 18.2 Å². The molecular weight excluding hydrogens is 420 g/mol.